The minimum absolute atomic E-state index is 0.0507. The van der Waals surface area contributed by atoms with Crippen molar-refractivity contribution in [3.63, 3.8) is 0 Å². The predicted molar refractivity (Wildman–Crippen MR) is 72.4 cm³/mol. The maximum atomic E-state index is 12.1. The SMILES string of the molecule is CC1=C(C)C(C)(C)C(OC(=O)c2ccccc2)C1. The van der Waals surface area contributed by atoms with Crippen molar-refractivity contribution in [2.45, 2.75) is 40.2 Å². The zero-order chi connectivity index (χ0) is 13.3. The summed E-state index contributed by atoms with van der Waals surface area (Å²) in [5, 5.41) is 0. The van der Waals surface area contributed by atoms with Crippen LogP contribution in [0.3, 0.4) is 0 Å². The normalized spacial score (nSPS) is 22.1. The van der Waals surface area contributed by atoms with Gasteiger partial charge in [-0.2, -0.15) is 0 Å². The summed E-state index contributed by atoms with van der Waals surface area (Å²) < 4.78 is 5.67. The molecule has 0 amide bonds. The molecule has 96 valence electrons. The van der Waals surface area contributed by atoms with E-state index in [2.05, 4.69) is 27.7 Å². The van der Waals surface area contributed by atoms with Crippen LogP contribution in [0.2, 0.25) is 0 Å². The van der Waals surface area contributed by atoms with Gasteiger partial charge in [0.2, 0.25) is 0 Å². The van der Waals surface area contributed by atoms with Crippen LogP contribution in [0.25, 0.3) is 0 Å². The fourth-order valence-corrected chi connectivity index (χ4v) is 2.44. The summed E-state index contributed by atoms with van der Waals surface area (Å²) >= 11 is 0. The first-order valence-electron chi connectivity index (χ1n) is 6.36. The number of benzene rings is 1. The van der Waals surface area contributed by atoms with Crippen molar-refractivity contribution in [3.8, 4) is 0 Å². The van der Waals surface area contributed by atoms with Crippen LogP contribution >= 0.6 is 0 Å². The zero-order valence-corrected chi connectivity index (χ0v) is 11.5. The summed E-state index contributed by atoms with van der Waals surface area (Å²) in [5.74, 6) is -0.226. The van der Waals surface area contributed by atoms with Gasteiger partial charge in [0, 0.05) is 11.8 Å². The summed E-state index contributed by atoms with van der Waals surface area (Å²) in [6.45, 7) is 8.53. The van der Waals surface area contributed by atoms with Crippen LogP contribution in [-0.4, -0.2) is 12.1 Å². The molecule has 1 aliphatic rings. The minimum Gasteiger partial charge on any atom is -0.458 e. The summed E-state index contributed by atoms with van der Waals surface area (Å²) in [7, 11) is 0. The molecular formula is C16H20O2. The number of carbonyl (C=O) groups excluding carboxylic acids is 1. The van der Waals surface area contributed by atoms with E-state index in [1.54, 1.807) is 12.1 Å². The number of hydrogen-bond donors (Lipinski definition) is 0. The molecule has 1 aliphatic carbocycles. The van der Waals surface area contributed by atoms with Crippen molar-refractivity contribution in [1.29, 1.82) is 0 Å². The Morgan fingerprint density at radius 3 is 2.33 bits per heavy atom. The molecule has 1 unspecified atom stereocenters. The fourth-order valence-electron chi connectivity index (χ4n) is 2.44. The van der Waals surface area contributed by atoms with E-state index in [1.165, 1.54) is 11.1 Å². The Morgan fingerprint density at radius 2 is 1.83 bits per heavy atom. The Balaban J connectivity index is 2.11. The molecule has 0 radical (unpaired) electrons. The standard InChI is InChI=1S/C16H20O2/c1-11-10-14(16(3,4)12(11)2)18-15(17)13-8-6-5-7-9-13/h5-9,14H,10H2,1-4H3. The third-order valence-electron chi connectivity index (χ3n) is 4.16. The van der Waals surface area contributed by atoms with E-state index >= 15 is 0 Å². The molecule has 0 aliphatic heterocycles. The van der Waals surface area contributed by atoms with Crippen LogP contribution in [0.15, 0.2) is 41.5 Å². The van der Waals surface area contributed by atoms with Gasteiger partial charge in [0.05, 0.1) is 5.56 Å². The van der Waals surface area contributed by atoms with Gasteiger partial charge >= 0.3 is 5.97 Å². The van der Waals surface area contributed by atoms with Gasteiger partial charge in [-0.05, 0) is 26.0 Å². The fraction of sp³-hybridized carbons (Fsp3) is 0.438. The van der Waals surface area contributed by atoms with Crippen LogP contribution in [-0.2, 0) is 4.74 Å². The van der Waals surface area contributed by atoms with Gasteiger partial charge < -0.3 is 4.74 Å². The Kier molecular flexibility index (Phi) is 3.29. The molecule has 0 bridgehead atoms. The van der Waals surface area contributed by atoms with E-state index in [-0.39, 0.29) is 17.5 Å². The van der Waals surface area contributed by atoms with Crippen LogP contribution in [0.4, 0.5) is 0 Å². The number of hydrogen-bond acceptors (Lipinski definition) is 2. The number of rotatable bonds is 2. The van der Waals surface area contributed by atoms with Gasteiger partial charge in [0.25, 0.3) is 0 Å². The molecule has 0 aromatic heterocycles. The highest BCUT2D eigenvalue weighted by Crippen LogP contribution is 2.43. The van der Waals surface area contributed by atoms with Crippen molar-refractivity contribution < 1.29 is 9.53 Å². The van der Waals surface area contributed by atoms with E-state index in [9.17, 15) is 4.79 Å². The smallest absolute Gasteiger partial charge is 0.338 e. The average molecular weight is 244 g/mol. The topological polar surface area (TPSA) is 26.3 Å². The lowest BCUT2D eigenvalue weighted by Gasteiger charge is -2.29. The molecule has 0 saturated heterocycles. The lowest BCUT2D eigenvalue weighted by Crippen LogP contribution is -2.30. The Bertz CT molecular complexity index is 483. The average Bonchev–Trinajstić information content (AvgIpc) is 2.54. The van der Waals surface area contributed by atoms with Gasteiger partial charge in [-0.25, -0.2) is 4.79 Å². The summed E-state index contributed by atoms with van der Waals surface area (Å²) in [4.78, 5) is 12.1. The lowest BCUT2D eigenvalue weighted by atomic mass is 9.84. The molecule has 0 fully saturated rings. The maximum absolute atomic E-state index is 12.1. The second-order valence-corrected chi connectivity index (χ2v) is 5.59. The van der Waals surface area contributed by atoms with Crippen LogP contribution in [0.1, 0.15) is 44.5 Å². The molecule has 18 heavy (non-hydrogen) atoms. The first-order valence-corrected chi connectivity index (χ1v) is 6.36. The number of esters is 1. The first-order chi connectivity index (χ1) is 8.43. The highest BCUT2D eigenvalue weighted by atomic mass is 16.5. The number of carbonyl (C=O) groups is 1. The van der Waals surface area contributed by atoms with E-state index in [1.807, 2.05) is 18.2 Å². The molecule has 0 heterocycles. The largest absolute Gasteiger partial charge is 0.458 e. The molecule has 1 atom stereocenters. The first kappa shape index (κ1) is 12.9. The van der Waals surface area contributed by atoms with Gasteiger partial charge in [-0.15, -0.1) is 0 Å². The third kappa shape index (κ3) is 2.20. The Hall–Kier alpha value is -1.57. The van der Waals surface area contributed by atoms with Crippen LogP contribution in [0, 0.1) is 5.41 Å². The molecule has 2 nitrogen and oxygen atoms in total. The molecular weight excluding hydrogens is 224 g/mol. The molecule has 2 rings (SSSR count). The summed E-state index contributed by atoms with van der Waals surface area (Å²) in [6.07, 6.45) is 0.794. The Morgan fingerprint density at radius 1 is 1.22 bits per heavy atom. The van der Waals surface area contributed by atoms with Crippen molar-refractivity contribution >= 4 is 5.97 Å². The monoisotopic (exact) mass is 244 g/mol. The van der Waals surface area contributed by atoms with Crippen molar-refractivity contribution in [2.24, 2.45) is 5.41 Å². The molecule has 0 N–H and O–H groups in total. The minimum atomic E-state index is -0.226. The van der Waals surface area contributed by atoms with Crippen molar-refractivity contribution in [3.05, 3.63) is 47.0 Å². The van der Waals surface area contributed by atoms with Gasteiger partial charge in [-0.1, -0.05) is 43.2 Å². The highest BCUT2D eigenvalue weighted by Gasteiger charge is 2.40. The van der Waals surface area contributed by atoms with Gasteiger partial charge in [0.1, 0.15) is 6.10 Å². The van der Waals surface area contributed by atoms with E-state index in [0.717, 1.165) is 6.42 Å². The van der Waals surface area contributed by atoms with Crippen LogP contribution in [0.5, 0.6) is 0 Å². The molecule has 0 saturated carbocycles. The second-order valence-electron chi connectivity index (χ2n) is 5.59. The quantitative estimate of drug-likeness (QED) is 0.581. The van der Waals surface area contributed by atoms with Crippen molar-refractivity contribution in [1.82, 2.24) is 0 Å². The second kappa shape index (κ2) is 4.60. The van der Waals surface area contributed by atoms with Gasteiger partial charge in [0.15, 0.2) is 0 Å². The van der Waals surface area contributed by atoms with Crippen LogP contribution < -0.4 is 0 Å². The molecule has 0 spiro atoms. The molecule has 1 aromatic carbocycles. The van der Waals surface area contributed by atoms with Crippen molar-refractivity contribution in [2.75, 3.05) is 0 Å². The third-order valence-corrected chi connectivity index (χ3v) is 4.16. The highest BCUT2D eigenvalue weighted by molar-refractivity contribution is 5.89. The van der Waals surface area contributed by atoms with E-state index in [0.29, 0.717) is 5.56 Å². The molecule has 2 heteroatoms. The van der Waals surface area contributed by atoms with E-state index < -0.39 is 0 Å². The summed E-state index contributed by atoms with van der Waals surface area (Å²) in [6, 6.07) is 9.18. The van der Waals surface area contributed by atoms with E-state index in [4.69, 9.17) is 4.74 Å². The lowest BCUT2D eigenvalue weighted by molar-refractivity contribution is 0.00795. The zero-order valence-electron chi connectivity index (χ0n) is 11.5. The summed E-state index contributed by atoms with van der Waals surface area (Å²) in [5.41, 5.74) is 3.24. The Labute approximate surface area is 109 Å². The maximum Gasteiger partial charge on any atom is 0.338 e. The molecule has 1 aromatic rings. The van der Waals surface area contributed by atoms with Gasteiger partial charge in [-0.3, -0.25) is 0 Å². The number of ether oxygens (including phenoxy) is 1. The predicted octanol–water partition coefficient (Wildman–Crippen LogP) is 3.98.